The number of hydrogen-bond acceptors (Lipinski definition) is 9. The Morgan fingerprint density at radius 1 is 1.06 bits per heavy atom. The number of nitrogens with one attached hydrogen (secondary N) is 4. The molecule has 5 unspecified atom stereocenters. The van der Waals surface area contributed by atoms with Gasteiger partial charge in [0.05, 0.1) is 18.5 Å². The number of aliphatic hydroxyl groups excluding tert-OH is 1. The lowest BCUT2D eigenvalue weighted by Gasteiger charge is -2.26. The number of aromatic nitrogens is 2. The fourth-order valence-corrected chi connectivity index (χ4v) is 3.43. The van der Waals surface area contributed by atoms with Crippen LogP contribution in [0.15, 0.2) is 12.5 Å². The summed E-state index contributed by atoms with van der Waals surface area (Å²) in [4.78, 5) is 66.8. The average Bonchev–Trinajstić information content (AvgIpc) is 3.29. The summed E-state index contributed by atoms with van der Waals surface area (Å²) in [7, 11) is 0. The Bertz CT molecular complexity index is 866. The maximum atomic E-state index is 12.9. The molecule has 0 fully saturated rings. The Hall–Kier alpha value is -3.17. The molecule has 1 heterocycles. The van der Waals surface area contributed by atoms with Crippen molar-refractivity contribution >= 4 is 41.4 Å². The third-order valence-corrected chi connectivity index (χ3v) is 5.54. The van der Waals surface area contributed by atoms with E-state index in [0.717, 1.165) is 0 Å². The van der Waals surface area contributed by atoms with Crippen LogP contribution in [0, 0.1) is 0 Å². The number of carbonyl (C=O) groups excluding carboxylic acids is 3. The summed E-state index contributed by atoms with van der Waals surface area (Å²) in [6.07, 6.45) is 2.77. The summed E-state index contributed by atoms with van der Waals surface area (Å²) >= 11 is 1.42. The molecule has 0 saturated heterocycles. The number of rotatable bonds is 16. The quantitative estimate of drug-likeness (QED) is 0.117. The van der Waals surface area contributed by atoms with Crippen molar-refractivity contribution in [2.75, 3.05) is 12.0 Å². The van der Waals surface area contributed by atoms with Crippen molar-refractivity contribution in [2.45, 2.75) is 62.9 Å². The van der Waals surface area contributed by atoms with Gasteiger partial charge in [-0.2, -0.15) is 11.8 Å². The molecular weight excluding hydrogens is 484 g/mol. The molecule has 196 valence electrons. The van der Waals surface area contributed by atoms with Crippen LogP contribution in [0.5, 0.6) is 0 Å². The highest BCUT2D eigenvalue weighted by molar-refractivity contribution is 7.98. The van der Waals surface area contributed by atoms with E-state index < -0.39 is 72.8 Å². The summed E-state index contributed by atoms with van der Waals surface area (Å²) in [5.74, 6) is -4.64. The number of amides is 3. The molecule has 9 N–H and O–H groups in total. The molecule has 1 rings (SSSR count). The fraction of sp³-hybridized carbons (Fsp3) is 0.600. The van der Waals surface area contributed by atoms with E-state index in [2.05, 4.69) is 25.9 Å². The fourth-order valence-electron chi connectivity index (χ4n) is 2.95. The second-order valence-corrected chi connectivity index (χ2v) is 8.77. The lowest BCUT2D eigenvalue weighted by Crippen LogP contribution is -2.60. The van der Waals surface area contributed by atoms with E-state index in [1.165, 1.54) is 31.2 Å². The lowest BCUT2D eigenvalue weighted by molar-refractivity contribution is -0.144. The third-order valence-electron chi connectivity index (χ3n) is 4.90. The van der Waals surface area contributed by atoms with Crippen LogP contribution >= 0.6 is 11.8 Å². The molecule has 1 aromatic heterocycles. The van der Waals surface area contributed by atoms with Crippen LogP contribution in [0.3, 0.4) is 0 Å². The van der Waals surface area contributed by atoms with E-state index in [1.54, 1.807) is 6.26 Å². The monoisotopic (exact) mass is 516 g/mol. The van der Waals surface area contributed by atoms with Crippen LogP contribution in [-0.2, 0) is 30.4 Å². The highest BCUT2D eigenvalue weighted by atomic mass is 32.2. The van der Waals surface area contributed by atoms with Crippen molar-refractivity contribution in [3.8, 4) is 0 Å². The number of imidazole rings is 1. The summed E-state index contributed by atoms with van der Waals surface area (Å²) < 4.78 is 0. The molecule has 0 aliphatic carbocycles. The van der Waals surface area contributed by atoms with Gasteiger partial charge in [0.2, 0.25) is 17.7 Å². The van der Waals surface area contributed by atoms with Crippen LogP contribution in [0.2, 0.25) is 0 Å². The Morgan fingerprint density at radius 3 is 2.23 bits per heavy atom. The Morgan fingerprint density at radius 2 is 1.71 bits per heavy atom. The number of carbonyl (C=O) groups is 5. The van der Waals surface area contributed by atoms with Crippen LogP contribution in [0.4, 0.5) is 0 Å². The minimum atomic E-state index is -1.55. The Labute approximate surface area is 205 Å². The molecule has 0 bridgehead atoms. The topological polar surface area (TPSA) is 237 Å². The van der Waals surface area contributed by atoms with Crippen molar-refractivity contribution in [3.05, 3.63) is 18.2 Å². The summed E-state index contributed by atoms with van der Waals surface area (Å²) in [6.45, 7) is 1.22. The Kier molecular flexibility index (Phi) is 12.8. The van der Waals surface area contributed by atoms with Crippen LogP contribution in [0.1, 0.15) is 31.9 Å². The van der Waals surface area contributed by atoms with Gasteiger partial charge >= 0.3 is 11.9 Å². The molecule has 0 aliphatic heterocycles. The molecular formula is C20H32N6O8S. The first-order valence-electron chi connectivity index (χ1n) is 10.7. The smallest absolute Gasteiger partial charge is 0.326 e. The van der Waals surface area contributed by atoms with E-state index in [0.29, 0.717) is 11.4 Å². The van der Waals surface area contributed by atoms with Gasteiger partial charge in [0.25, 0.3) is 0 Å². The Balaban J connectivity index is 2.88. The maximum absolute atomic E-state index is 12.9. The number of aliphatic hydroxyl groups is 1. The van der Waals surface area contributed by atoms with Crippen molar-refractivity contribution in [2.24, 2.45) is 5.73 Å². The van der Waals surface area contributed by atoms with Crippen molar-refractivity contribution < 1.29 is 39.3 Å². The van der Waals surface area contributed by atoms with Crippen LogP contribution in [0.25, 0.3) is 0 Å². The number of thioether (sulfide) groups is 1. The average molecular weight is 517 g/mol. The van der Waals surface area contributed by atoms with Crippen molar-refractivity contribution in [1.82, 2.24) is 25.9 Å². The minimum absolute atomic E-state index is 0.147. The molecule has 3 amide bonds. The third kappa shape index (κ3) is 10.7. The summed E-state index contributed by atoms with van der Waals surface area (Å²) in [5.41, 5.74) is 6.54. The summed E-state index contributed by atoms with van der Waals surface area (Å²) in [6, 6.07) is -5.16. The SMILES string of the molecule is CSCCC(NC(=O)C(N)Cc1cnc[nH]1)C(=O)NC(C(=O)NC(CCC(=O)O)C(=O)O)C(C)O. The second-order valence-electron chi connectivity index (χ2n) is 7.79. The highest BCUT2D eigenvalue weighted by Crippen LogP contribution is 2.06. The predicted molar refractivity (Wildman–Crippen MR) is 125 cm³/mol. The summed E-state index contributed by atoms with van der Waals surface area (Å²) in [5, 5.41) is 35.0. The standard InChI is InChI=1S/C20H32N6O8S/c1-10(27)16(19(32)25-14(20(33)34)3-4-15(28)29)26-18(31)13(5-6-35-2)24-17(30)12(21)7-11-8-22-9-23-11/h8-10,12-14,16,27H,3-7,21H2,1-2H3,(H,22,23)(H,24,30)(H,25,32)(H,26,31)(H,28,29)(H,33,34). The van der Waals surface area contributed by atoms with Gasteiger partial charge in [-0.1, -0.05) is 0 Å². The number of carboxylic acid groups (broad SMARTS) is 2. The van der Waals surface area contributed by atoms with Crippen molar-refractivity contribution in [3.63, 3.8) is 0 Å². The maximum Gasteiger partial charge on any atom is 0.326 e. The molecule has 5 atom stereocenters. The molecule has 14 nitrogen and oxygen atoms in total. The zero-order valence-electron chi connectivity index (χ0n) is 19.4. The zero-order valence-corrected chi connectivity index (χ0v) is 20.2. The van der Waals surface area contributed by atoms with Gasteiger partial charge in [0.15, 0.2) is 0 Å². The molecule has 0 spiro atoms. The molecule has 35 heavy (non-hydrogen) atoms. The van der Waals surface area contributed by atoms with Gasteiger partial charge in [0, 0.05) is 24.7 Å². The predicted octanol–water partition coefficient (Wildman–Crippen LogP) is -2.18. The first-order chi connectivity index (χ1) is 16.5. The molecule has 15 heteroatoms. The minimum Gasteiger partial charge on any atom is -0.481 e. The van der Waals surface area contributed by atoms with Crippen LogP contribution in [-0.4, -0.2) is 97.2 Å². The van der Waals surface area contributed by atoms with Gasteiger partial charge < -0.3 is 42.0 Å². The number of H-pyrrole nitrogens is 1. The van der Waals surface area contributed by atoms with E-state index >= 15 is 0 Å². The first-order valence-corrected chi connectivity index (χ1v) is 12.1. The van der Waals surface area contributed by atoms with Crippen LogP contribution < -0.4 is 21.7 Å². The lowest BCUT2D eigenvalue weighted by atomic mass is 10.1. The second kappa shape index (κ2) is 15.0. The number of aliphatic carboxylic acids is 2. The number of aromatic amines is 1. The molecule has 0 aromatic carbocycles. The number of hydrogen-bond donors (Lipinski definition) is 8. The van der Waals surface area contributed by atoms with E-state index in [4.69, 9.17) is 10.8 Å². The molecule has 0 radical (unpaired) electrons. The first kappa shape index (κ1) is 29.9. The number of carboxylic acids is 2. The number of nitrogens with zero attached hydrogens (tertiary/aromatic N) is 1. The van der Waals surface area contributed by atoms with Crippen molar-refractivity contribution in [1.29, 1.82) is 0 Å². The molecule has 1 aromatic rings. The molecule has 0 saturated carbocycles. The normalized spacial score (nSPS) is 15.2. The van der Waals surface area contributed by atoms with E-state index in [1.807, 2.05) is 0 Å². The van der Waals surface area contributed by atoms with Gasteiger partial charge in [-0.3, -0.25) is 19.2 Å². The molecule has 0 aliphatic rings. The zero-order chi connectivity index (χ0) is 26.5. The van der Waals surface area contributed by atoms with Gasteiger partial charge in [-0.25, -0.2) is 9.78 Å². The van der Waals surface area contributed by atoms with E-state index in [9.17, 15) is 34.2 Å². The largest absolute Gasteiger partial charge is 0.481 e. The van der Waals surface area contributed by atoms with Gasteiger partial charge in [0.1, 0.15) is 18.1 Å². The van der Waals surface area contributed by atoms with E-state index in [-0.39, 0.29) is 12.8 Å². The van der Waals surface area contributed by atoms with Gasteiger partial charge in [-0.15, -0.1) is 0 Å². The van der Waals surface area contributed by atoms with Gasteiger partial charge in [-0.05, 0) is 31.8 Å². The highest BCUT2D eigenvalue weighted by Gasteiger charge is 2.32. The number of nitrogens with two attached hydrogens (primary N) is 1.